The first-order chi connectivity index (χ1) is 7.65. The molecule has 0 aliphatic carbocycles. The van der Waals surface area contributed by atoms with Crippen LogP contribution in [0.4, 0.5) is 13.2 Å². The number of Topliss-reactive ketones (excluding diaryl/α,β-unsaturated/α-hetero) is 1. The van der Waals surface area contributed by atoms with E-state index in [1.54, 1.807) is 0 Å². The molecule has 0 bridgehead atoms. The molecule has 1 rings (SSSR count). The third-order valence-electron chi connectivity index (χ3n) is 2.94. The Labute approximate surface area is 96.1 Å². The van der Waals surface area contributed by atoms with Crippen molar-refractivity contribution in [2.45, 2.75) is 38.7 Å². The first-order valence-corrected chi connectivity index (χ1v) is 5.10. The van der Waals surface area contributed by atoms with E-state index in [1.165, 1.54) is 6.92 Å². The molecule has 98 valence electrons. The highest BCUT2D eigenvalue weighted by Gasteiger charge is 2.65. The molecule has 0 aromatic rings. The number of alkyl halides is 3. The molecule has 4 nitrogen and oxygen atoms in total. The lowest BCUT2D eigenvalue weighted by Gasteiger charge is -2.29. The van der Waals surface area contributed by atoms with Crippen LogP contribution in [0.25, 0.3) is 0 Å². The summed E-state index contributed by atoms with van der Waals surface area (Å²) in [5.74, 6) is -3.41. The second-order valence-corrected chi connectivity index (χ2v) is 3.98. The molecule has 1 saturated heterocycles. The van der Waals surface area contributed by atoms with Crippen molar-refractivity contribution in [2.24, 2.45) is 5.92 Å². The van der Waals surface area contributed by atoms with Crippen LogP contribution in [-0.2, 0) is 19.1 Å². The van der Waals surface area contributed by atoms with Crippen LogP contribution in [0, 0.1) is 5.92 Å². The maximum absolute atomic E-state index is 12.8. The van der Waals surface area contributed by atoms with Gasteiger partial charge in [-0.1, -0.05) is 6.92 Å². The van der Waals surface area contributed by atoms with E-state index in [1.807, 2.05) is 0 Å². The SMILES string of the molecule is CCOC(=O)C1O[C@](C)(C(F)(F)F)[C@@H](C)C1=O. The van der Waals surface area contributed by atoms with Crippen molar-refractivity contribution in [2.75, 3.05) is 6.61 Å². The maximum Gasteiger partial charge on any atom is 0.417 e. The Hall–Kier alpha value is -1.11. The van der Waals surface area contributed by atoms with Gasteiger partial charge >= 0.3 is 12.1 Å². The average molecular weight is 254 g/mol. The van der Waals surface area contributed by atoms with E-state index < -0.39 is 35.6 Å². The van der Waals surface area contributed by atoms with Gasteiger partial charge < -0.3 is 9.47 Å². The summed E-state index contributed by atoms with van der Waals surface area (Å²) < 4.78 is 47.4. The predicted octanol–water partition coefficient (Wildman–Crippen LogP) is 1.47. The fourth-order valence-corrected chi connectivity index (χ4v) is 1.60. The lowest BCUT2D eigenvalue weighted by Crippen LogP contribution is -2.47. The van der Waals surface area contributed by atoms with Crippen LogP contribution in [0.3, 0.4) is 0 Å². The summed E-state index contributed by atoms with van der Waals surface area (Å²) in [7, 11) is 0. The Balaban J connectivity index is 2.98. The summed E-state index contributed by atoms with van der Waals surface area (Å²) >= 11 is 0. The van der Waals surface area contributed by atoms with Gasteiger partial charge in [-0.15, -0.1) is 0 Å². The first kappa shape index (κ1) is 14.0. The van der Waals surface area contributed by atoms with Crippen molar-refractivity contribution in [3.8, 4) is 0 Å². The van der Waals surface area contributed by atoms with Crippen LogP contribution < -0.4 is 0 Å². The summed E-state index contributed by atoms with van der Waals surface area (Å²) in [4.78, 5) is 22.8. The van der Waals surface area contributed by atoms with Crippen LogP contribution in [0.15, 0.2) is 0 Å². The largest absolute Gasteiger partial charge is 0.464 e. The standard InChI is InChI=1S/C10H13F3O4/c1-4-16-8(15)7-6(14)5(2)9(3,17-7)10(11,12)13/h5,7H,4H2,1-3H3/t5-,7?,9-/m0/s1. The Morgan fingerprint density at radius 3 is 2.41 bits per heavy atom. The molecule has 7 heteroatoms. The van der Waals surface area contributed by atoms with Gasteiger partial charge in [-0.2, -0.15) is 13.2 Å². The molecule has 1 heterocycles. The van der Waals surface area contributed by atoms with Crippen LogP contribution in [0.5, 0.6) is 0 Å². The van der Waals surface area contributed by atoms with Crippen molar-refractivity contribution < 1.29 is 32.2 Å². The number of ether oxygens (including phenoxy) is 2. The van der Waals surface area contributed by atoms with E-state index in [0.29, 0.717) is 0 Å². The van der Waals surface area contributed by atoms with E-state index in [0.717, 1.165) is 13.8 Å². The molecule has 17 heavy (non-hydrogen) atoms. The zero-order valence-corrected chi connectivity index (χ0v) is 9.63. The molecular weight excluding hydrogens is 241 g/mol. The van der Waals surface area contributed by atoms with E-state index >= 15 is 0 Å². The molecule has 0 aromatic carbocycles. The number of esters is 1. The van der Waals surface area contributed by atoms with E-state index in [-0.39, 0.29) is 6.61 Å². The predicted molar refractivity (Wildman–Crippen MR) is 50.1 cm³/mol. The van der Waals surface area contributed by atoms with Crippen molar-refractivity contribution >= 4 is 11.8 Å². The molecule has 0 saturated carbocycles. The van der Waals surface area contributed by atoms with Gasteiger partial charge in [0.15, 0.2) is 11.4 Å². The Bertz CT molecular complexity index is 339. The van der Waals surface area contributed by atoms with Crippen LogP contribution in [-0.4, -0.2) is 36.2 Å². The number of halogens is 3. The van der Waals surface area contributed by atoms with E-state index in [2.05, 4.69) is 9.47 Å². The lowest BCUT2D eigenvalue weighted by molar-refractivity contribution is -0.274. The molecule has 0 radical (unpaired) electrons. The third kappa shape index (κ3) is 2.15. The highest BCUT2D eigenvalue weighted by Crippen LogP contribution is 2.45. The minimum absolute atomic E-state index is 0.0247. The molecule has 1 aliphatic rings. The van der Waals surface area contributed by atoms with Crippen molar-refractivity contribution in [3.05, 3.63) is 0 Å². The zero-order chi connectivity index (χ0) is 13.4. The summed E-state index contributed by atoms with van der Waals surface area (Å²) in [6.45, 7) is 3.32. The normalized spacial score (nSPS) is 33.9. The van der Waals surface area contributed by atoms with Gasteiger partial charge in [-0.05, 0) is 13.8 Å². The second kappa shape index (κ2) is 4.29. The maximum atomic E-state index is 12.8. The van der Waals surface area contributed by atoms with Gasteiger partial charge in [0.25, 0.3) is 0 Å². The molecule has 0 N–H and O–H groups in total. The fourth-order valence-electron chi connectivity index (χ4n) is 1.60. The van der Waals surface area contributed by atoms with Gasteiger partial charge in [0.05, 0.1) is 12.5 Å². The molecule has 0 amide bonds. The molecule has 1 unspecified atom stereocenters. The van der Waals surface area contributed by atoms with Crippen molar-refractivity contribution in [1.29, 1.82) is 0 Å². The number of ketones is 1. The van der Waals surface area contributed by atoms with Gasteiger partial charge in [-0.25, -0.2) is 4.79 Å². The quantitative estimate of drug-likeness (QED) is 0.553. The topological polar surface area (TPSA) is 52.6 Å². The fraction of sp³-hybridized carbons (Fsp3) is 0.800. The Kier molecular flexibility index (Phi) is 3.52. The van der Waals surface area contributed by atoms with Crippen LogP contribution in [0.2, 0.25) is 0 Å². The summed E-state index contributed by atoms with van der Waals surface area (Å²) in [5, 5.41) is 0. The van der Waals surface area contributed by atoms with Crippen molar-refractivity contribution in [3.63, 3.8) is 0 Å². The lowest BCUT2D eigenvalue weighted by atomic mass is 9.88. The molecule has 0 aromatic heterocycles. The van der Waals surface area contributed by atoms with Gasteiger partial charge in [0.1, 0.15) is 0 Å². The minimum atomic E-state index is -4.72. The monoisotopic (exact) mass is 254 g/mol. The molecule has 3 atom stereocenters. The molecule has 1 aliphatic heterocycles. The average Bonchev–Trinajstić information content (AvgIpc) is 2.43. The summed E-state index contributed by atoms with van der Waals surface area (Å²) in [5.41, 5.74) is -2.64. The highest BCUT2D eigenvalue weighted by atomic mass is 19.4. The smallest absolute Gasteiger partial charge is 0.417 e. The Morgan fingerprint density at radius 2 is 2.06 bits per heavy atom. The van der Waals surface area contributed by atoms with Gasteiger partial charge in [-0.3, -0.25) is 4.79 Å². The molecule has 0 spiro atoms. The van der Waals surface area contributed by atoms with E-state index in [9.17, 15) is 22.8 Å². The molecular formula is C10H13F3O4. The van der Waals surface area contributed by atoms with Gasteiger partial charge in [0.2, 0.25) is 6.10 Å². The molecule has 1 fully saturated rings. The number of hydrogen-bond acceptors (Lipinski definition) is 4. The van der Waals surface area contributed by atoms with Crippen molar-refractivity contribution in [1.82, 2.24) is 0 Å². The van der Waals surface area contributed by atoms with Crippen LogP contribution >= 0.6 is 0 Å². The second-order valence-electron chi connectivity index (χ2n) is 3.98. The zero-order valence-electron chi connectivity index (χ0n) is 9.63. The Morgan fingerprint density at radius 1 is 1.53 bits per heavy atom. The summed E-state index contributed by atoms with van der Waals surface area (Å²) in [6.07, 6.45) is -6.50. The minimum Gasteiger partial charge on any atom is -0.464 e. The number of carbonyl (C=O) groups excluding carboxylic acids is 2. The first-order valence-electron chi connectivity index (χ1n) is 5.10. The highest BCUT2D eigenvalue weighted by molar-refractivity contribution is 6.05. The number of rotatable bonds is 2. The van der Waals surface area contributed by atoms with E-state index in [4.69, 9.17) is 0 Å². The summed E-state index contributed by atoms with van der Waals surface area (Å²) in [6, 6.07) is 0. The third-order valence-corrected chi connectivity index (χ3v) is 2.94. The van der Waals surface area contributed by atoms with Gasteiger partial charge in [0, 0.05) is 0 Å². The number of carbonyl (C=O) groups is 2. The van der Waals surface area contributed by atoms with Crippen LogP contribution in [0.1, 0.15) is 20.8 Å². The number of hydrogen-bond donors (Lipinski definition) is 0.